The lowest BCUT2D eigenvalue weighted by atomic mass is 10.00. The maximum Gasteiger partial charge on any atom is 0.410 e. The van der Waals surface area contributed by atoms with Crippen molar-refractivity contribution in [2.45, 2.75) is 51.2 Å². The van der Waals surface area contributed by atoms with Crippen molar-refractivity contribution in [3.8, 4) is 17.1 Å². The monoisotopic (exact) mass is 597 g/mol. The molecule has 3 N–H and O–H groups in total. The second-order valence-corrected chi connectivity index (χ2v) is 12.7. The molecular formula is C29H35N5O7S. The average Bonchev–Trinajstić information content (AvgIpc) is 2.91. The molecule has 3 aromatic rings. The number of sulfonamides is 1. The molecule has 224 valence electrons. The van der Waals surface area contributed by atoms with Gasteiger partial charge in [0.05, 0.1) is 22.2 Å². The lowest BCUT2D eigenvalue weighted by molar-refractivity contribution is 0.0177. The van der Waals surface area contributed by atoms with Gasteiger partial charge in [-0.25, -0.2) is 27.7 Å². The van der Waals surface area contributed by atoms with E-state index in [4.69, 9.17) is 9.47 Å². The Morgan fingerprint density at radius 3 is 2.45 bits per heavy atom. The molecule has 2 heterocycles. The van der Waals surface area contributed by atoms with Gasteiger partial charge in [0.1, 0.15) is 12.2 Å². The zero-order valence-electron chi connectivity index (χ0n) is 24.2. The zero-order chi connectivity index (χ0) is 30.7. The number of anilines is 1. The number of aromatic nitrogens is 2. The summed E-state index contributed by atoms with van der Waals surface area (Å²) in [6.07, 6.45) is -0.406. The van der Waals surface area contributed by atoms with Crippen LogP contribution in [0.2, 0.25) is 0 Å². The molecule has 0 spiro atoms. The standard InChI is InChI=1S/C29H35N5O7S/c1-18-8-6-9-19(2)25(18)23-15-24(40-17-21-16-34(13-12-30-21)28(37)41-29(3,4)5)32-27(31-23)33-42(38,39)22-11-7-10-20(14-22)26(35)36/h6-11,14-15,21,30H,12-13,16-17H2,1-5H3,(H,35,36)(H,31,32,33)/t21-/m1/s1. The number of piperazine rings is 1. The van der Waals surface area contributed by atoms with Gasteiger partial charge in [0.25, 0.3) is 10.0 Å². The largest absolute Gasteiger partial charge is 0.478 e. The van der Waals surface area contributed by atoms with Gasteiger partial charge in [-0.2, -0.15) is 4.98 Å². The lowest BCUT2D eigenvalue weighted by Gasteiger charge is -2.34. The maximum absolute atomic E-state index is 13.2. The first kappa shape index (κ1) is 30.7. The van der Waals surface area contributed by atoms with Crippen molar-refractivity contribution in [1.82, 2.24) is 20.2 Å². The smallest absolute Gasteiger partial charge is 0.410 e. The molecule has 13 heteroatoms. The van der Waals surface area contributed by atoms with Gasteiger partial charge in [0.15, 0.2) is 0 Å². The van der Waals surface area contributed by atoms with Gasteiger partial charge >= 0.3 is 12.1 Å². The van der Waals surface area contributed by atoms with E-state index >= 15 is 0 Å². The minimum Gasteiger partial charge on any atom is -0.478 e. The van der Waals surface area contributed by atoms with Gasteiger partial charge < -0.3 is 24.8 Å². The quantitative estimate of drug-likeness (QED) is 0.348. The first-order valence-corrected chi connectivity index (χ1v) is 14.9. The van der Waals surface area contributed by atoms with E-state index in [2.05, 4.69) is 20.0 Å². The van der Waals surface area contributed by atoms with Gasteiger partial charge in [-0.15, -0.1) is 0 Å². The predicted octanol–water partition coefficient (Wildman–Crippen LogP) is 3.85. The molecule has 42 heavy (non-hydrogen) atoms. The van der Waals surface area contributed by atoms with Crippen LogP contribution >= 0.6 is 0 Å². The number of aromatic carboxylic acids is 1. The molecule has 0 bridgehead atoms. The number of ether oxygens (including phenoxy) is 2. The Morgan fingerprint density at radius 1 is 1.10 bits per heavy atom. The Morgan fingerprint density at radius 2 is 1.79 bits per heavy atom. The molecule has 0 unspecified atom stereocenters. The first-order chi connectivity index (χ1) is 19.7. The summed E-state index contributed by atoms with van der Waals surface area (Å²) in [4.78, 5) is 34.1. The number of hydrogen-bond donors (Lipinski definition) is 3. The van der Waals surface area contributed by atoms with Crippen molar-refractivity contribution < 1.29 is 32.6 Å². The van der Waals surface area contributed by atoms with E-state index in [9.17, 15) is 23.1 Å². The fourth-order valence-corrected chi connectivity index (χ4v) is 5.47. The number of carbonyl (C=O) groups excluding carboxylic acids is 1. The Labute approximate surface area is 245 Å². The van der Waals surface area contributed by atoms with Crippen molar-refractivity contribution in [3.63, 3.8) is 0 Å². The second kappa shape index (κ2) is 12.3. The third kappa shape index (κ3) is 7.74. The molecule has 0 saturated carbocycles. The molecule has 1 atom stereocenters. The SMILES string of the molecule is Cc1cccc(C)c1-c1cc(OC[C@H]2CN(C(=O)OC(C)(C)C)CCN2)nc(NS(=O)(=O)c2cccc(C(=O)O)c2)n1. The zero-order valence-corrected chi connectivity index (χ0v) is 25.0. The normalized spacial score (nSPS) is 15.6. The molecule has 1 aliphatic rings. The van der Waals surface area contributed by atoms with Crippen LogP contribution in [0.3, 0.4) is 0 Å². The molecule has 1 aliphatic heterocycles. The van der Waals surface area contributed by atoms with Crippen LogP contribution in [-0.4, -0.2) is 78.3 Å². The van der Waals surface area contributed by atoms with Gasteiger partial charge in [0.2, 0.25) is 11.8 Å². The van der Waals surface area contributed by atoms with E-state index in [0.717, 1.165) is 22.8 Å². The van der Waals surface area contributed by atoms with Crippen LogP contribution in [0.1, 0.15) is 42.3 Å². The van der Waals surface area contributed by atoms with Crippen molar-refractivity contribution >= 4 is 28.0 Å². The molecule has 0 radical (unpaired) electrons. The van der Waals surface area contributed by atoms with Gasteiger partial charge in [-0.3, -0.25) is 0 Å². The molecule has 1 amide bonds. The summed E-state index contributed by atoms with van der Waals surface area (Å²) in [5.41, 5.74) is 2.30. The Bertz CT molecular complexity index is 1570. The number of carboxylic acid groups (broad SMARTS) is 1. The summed E-state index contributed by atoms with van der Waals surface area (Å²) in [7, 11) is -4.24. The third-order valence-electron chi connectivity index (χ3n) is 6.40. The molecule has 4 rings (SSSR count). The van der Waals surface area contributed by atoms with Gasteiger partial charge in [-0.05, 0) is 63.9 Å². The molecular weight excluding hydrogens is 562 g/mol. The van der Waals surface area contributed by atoms with Crippen molar-refractivity contribution in [2.24, 2.45) is 0 Å². The highest BCUT2D eigenvalue weighted by Gasteiger charge is 2.28. The number of carboxylic acids is 1. The summed E-state index contributed by atoms with van der Waals surface area (Å²) in [5.74, 6) is -1.37. The molecule has 1 saturated heterocycles. The number of nitrogens with one attached hydrogen (secondary N) is 2. The summed E-state index contributed by atoms with van der Waals surface area (Å²) in [6, 6.07) is 12.1. The molecule has 1 aromatic heterocycles. The molecule has 12 nitrogen and oxygen atoms in total. The Kier molecular flexibility index (Phi) is 9.02. The maximum atomic E-state index is 13.2. The number of amides is 1. The number of rotatable bonds is 8. The van der Waals surface area contributed by atoms with E-state index in [-0.39, 0.29) is 34.9 Å². The highest BCUT2D eigenvalue weighted by Crippen LogP contribution is 2.29. The summed E-state index contributed by atoms with van der Waals surface area (Å²) >= 11 is 0. The van der Waals surface area contributed by atoms with Crippen molar-refractivity contribution in [1.29, 1.82) is 0 Å². The second-order valence-electron chi connectivity index (χ2n) is 11.0. The third-order valence-corrected chi connectivity index (χ3v) is 7.72. The summed E-state index contributed by atoms with van der Waals surface area (Å²) in [6.45, 7) is 10.8. The molecule has 0 aliphatic carbocycles. The first-order valence-electron chi connectivity index (χ1n) is 13.4. The highest BCUT2D eigenvalue weighted by atomic mass is 32.2. The number of carbonyl (C=O) groups is 2. The number of aryl methyl sites for hydroxylation is 2. The lowest BCUT2D eigenvalue weighted by Crippen LogP contribution is -2.55. The summed E-state index contributed by atoms with van der Waals surface area (Å²) in [5, 5.41) is 12.6. The van der Waals surface area contributed by atoms with Crippen LogP contribution in [0.5, 0.6) is 5.88 Å². The van der Waals surface area contributed by atoms with Crippen LogP contribution in [-0.2, 0) is 14.8 Å². The van der Waals surface area contributed by atoms with Crippen LogP contribution < -0.4 is 14.8 Å². The number of nitrogens with zero attached hydrogens (tertiary/aromatic N) is 3. The van der Waals surface area contributed by atoms with Crippen molar-refractivity contribution in [3.05, 3.63) is 65.2 Å². The number of hydrogen-bond acceptors (Lipinski definition) is 9. The Hall–Kier alpha value is -4.23. The fourth-order valence-electron chi connectivity index (χ4n) is 4.48. The van der Waals surface area contributed by atoms with Crippen LogP contribution in [0.15, 0.2) is 53.4 Å². The molecule has 1 fully saturated rings. The van der Waals surface area contributed by atoms with Crippen molar-refractivity contribution in [2.75, 3.05) is 31.0 Å². The highest BCUT2D eigenvalue weighted by molar-refractivity contribution is 7.92. The minimum atomic E-state index is -4.24. The summed E-state index contributed by atoms with van der Waals surface area (Å²) < 4.78 is 40.3. The van der Waals surface area contributed by atoms with Crippen LogP contribution in [0.4, 0.5) is 10.7 Å². The van der Waals surface area contributed by atoms with E-state index in [1.165, 1.54) is 18.2 Å². The Balaban J connectivity index is 1.61. The minimum absolute atomic E-state index is 0.121. The number of benzene rings is 2. The van der Waals surface area contributed by atoms with E-state index in [0.29, 0.717) is 25.3 Å². The van der Waals surface area contributed by atoms with Gasteiger partial charge in [0, 0.05) is 31.3 Å². The van der Waals surface area contributed by atoms with E-state index in [1.807, 2.05) is 52.8 Å². The van der Waals surface area contributed by atoms with E-state index in [1.54, 1.807) is 11.0 Å². The van der Waals surface area contributed by atoms with E-state index < -0.39 is 27.7 Å². The molecule has 2 aromatic carbocycles. The topological polar surface area (TPSA) is 160 Å². The fraction of sp³-hybridized carbons (Fsp3) is 0.379. The van der Waals surface area contributed by atoms with Crippen LogP contribution in [0, 0.1) is 13.8 Å². The average molecular weight is 598 g/mol. The van der Waals surface area contributed by atoms with Crippen LogP contribution in [0.25, 0.3) is 11.3 Å². The van der Waals surface area contributed by atoms with Gasteiger partial charge in [-0.1, -0.05) is 24.3 Å². The predicted molar refractivity (Wildman–Crippen MR) is 156 cm³/mol.